The maximum atomic E-state index is 13.6. The molecule has 0 amide bonds. The lowest BCUT2D eigenvalue weighted by molar-refractivity contribution is 0.0604. The second-order valence-corrected chi connectivity index (χ2v) is 5.45. The van der Waals surface area contributed by atoms with Gasteiger partial charge in [0.05, 0.1) is 0 Å². The highest BCUT2D eigenvalue weighted by Crippen LogP contribution is 2.35. The van der Waals surface area contributed by atoms with Gasteiger partial charge in [-0.1, -0.05) is 0 Å². The number of hydrogen-bond donors (Lipinski definition) is 1. The van der Waals surface area contributed by atoms with Gasteiger partial charge in [-0.15, -0.1) is 0 Å². The van der Waals surface area contributed by atoms with Crippen molar-refractivity contribution in [2.75, 3.05) is 18.1 Å². The number of thioether (sulfide) groups is 1. The molecule has 1 N–H and O–H groups in total. The predicted molar refractivity (Wildman–Crippen MR) is 56.0 cm³/mol. The zero-order chi connectivity index (χ0) is 9.15. The largest absolute Gasteiger partial charge is 0.310 e. The van der Waals surface area contributed by atoms with Crippen LogP contribution in [-0.2, 0) is 0 Å². The van der Waals surface area contributed by atoms with Crippen LogP contribution in [0.15, 0.2) is 0 Å². The minimum absolute atomic E-state index is 0.576. The molecule has 2 rings (SSSR count). The third kappa shape index (κ3) is 2.59. The van der Waals surface area contributed by atoms with Gasteiger partial charge in [-0.3, -0.25) is 0 Å². The highest BCUT2D eigenvalue weighted by atomic mass is 32.2. The van der Waals surface area contributed by atoms with Crippen molar-refractivity contribution in [2.24, 2.45) is 0 Å². The van der Waals surface area contributed by atoms with Crippen molar-refractivity contribution >= 4 is 11.8 Å². The molecule has 1 aliphatic heterocycles. The molecule has 2 aliphatic rings. The van der Waals surface area contributed by atoms with Crippen LogP contribution in [0, 0.1) is 0 Å². The summed E-state index contributed by atoms with van der Waals surface area (Å²) in [6.07, 6.45) is 5.17. The van der Waals surface area contributed by atoms with Crippen LogP contribution in [0.3, 0.4) is 0 Å². The van der Waals surface area contributed by atoms with E-state index in [1.807, 2.05) is 11.8 Å². The molecule has 1 nitrogen and oxygen atoms in total. The van der Waals surface area contributed by atoms with E-state index in [2.05, 4.69) is 5.32 Å². The monoisotopic (exact) mass is 203 g/mol. The van der Waals surface area contributed by atoms with Crippen LogP contribution in [0.25, 0.3) is 0 Å². The van der Waals surface area contributed by atoms with Gasteiger partial charge in [-0.2, -0.15) is 11.8 Å². The molecule has 13 heavy (non-hydrogen) atoms. The fourth-order valence-corrected chi connectivity index (χ4v) is 3.07. The smallest absolute Gasteiger partial charge is 0.123 e. The summed E-state index contributed by atoms with van der Waals surface area (Å²) in [7, 11) is 0. The molecule has 1 aliphatic carbocycles. The Labute approximate surface area is 83.9 Å². The van der Waals surface area contributed by atoms with E-state index in [9.17, 15) is 4.39 Å². The van der Waals surface area contributed by atoms with Gasteiger partial charge in [-0.25, -0.2) is 4.39 Å². The van der Waals surface area contributed by atoms with E-state index < -0.39 is 5.67 Å². The number of halogens is 1. The normalized spacial score (nSPS) is 32.5. The molecule has 1 saturated heterocycles. The van der Waals surface area contributed by atoms with Crippen LogP contribution in [0.2, 0.25) is 0 Å². The Kier molecular flexibility index (Phi) is 3.14. The van der Waals surface area contributed by atoms with E-state index in [4.69, 9.17) is 0 Å². The quantitative estimate of drug-likeness (QED) is 0.755. The van der Waals surface area contributed by atoms with Crippen molar-refractivity contribution in [1.29, 1.82) is 0 Å². The molecule has 0 radical (unpaired) electrons. The second-order valence-electron chi connectivity index (χ2n) is 4.30. The van der Waals surface area contributed by atoms with Crippen LogP contribution in [-0.4, -0.2) is 29.8 Å². The molecule has 1 unspecified atom stereocenters. The number of rotatable bonds is 3. The summed E-state index contributed by atoms with van der Waals surface area (Å²) < 4.78 is 13.6. The third-order valence-corrected chi connectivity index (χ3v) is 4.33. The fourth-order valence-electron chi connectivity index (χ4n) is 1.97. The van der Waals surface area contributed by atoms with Gasteiger partial charge in [0, 0.05) is 18.3 Å². The first-order valence-electron chi connectivity index (χ1n) is 5.29. The lowest BCUT2D eigenvalue weighted by atomic mass is 9.82. The van der Waals surface area contributed by atoms with E-state index in [-0.39, 0.29) is 0 Å². The minimum atomic E-state index is -0.845. The molecule has 76 valence electrons. The van der Waals surface area contributed by atoms with E-state index in [0.717, 1.165) is 19.3 Å². The molecule has 0 spiro atoms. The van der Waals surface area contributed by atoms with Crippen LogP contribution < -0.4 is 5.32 Å². The Morgan fingerprint density at radius 2 is 2.23 bits per heavy atom. The number of hydrogen-bond acceptors (Lipinski definition) is 2. The molecule has 2 fully saturated rings. The first kappa shape index (κ1) is 9.78. The van der Waals surface area contributed by atoms with Crippen molar-refractivity contribution < 1.29 is 4.39 Å². The van der Waals surface area contributed by atoms with Crippen molar-refractivity contribution in [2.45, 2.75) is 43.8 Å². The highest BCUT2D eigenvalue weighted by molar-refractivity contribution is 7.99. The van der Waals surface area contributed by atoms with E-state index >= 15 is 0 Å². The maximum absolute atomic E-state index is 13.6. The molecule has 3 heteroatoms. The van der Waals surface area contributed by atoms with Crippen molar-refractivity contribution in [3.8, 4) is 0 Å². The fraction of sp³-hybridized carbons (Fsp3) is 1.00. The average molecular weight is 203 g/mol. The summed E-state index contributed by atoms with van der Waals surface area (Å²) >= 11 is 1.99. The topological polar surface area (TPSA) is 12.0 Å². The molecule has 1 atom stereocenters. The molecule has 0 bridgehead atoms. The van der Waals surface area contributed by atoms with Gasteiger partial charge in [0.2, 0.25) is 0 Å². The molecule has 0 aromatic rings. The lowest BCUT2D eigenvalue weighted by Crippen LogP contribution is -2.47. The molecule has 1 heterocycles. The second kappa shape index (κ2) is 4.18. The Morgan fingerprint density at radius 3 is 2.77 bits per heavy atom. The summed E-state index contributed by atoms with van der Waals surface area (Å²) in [4.78, 5) is 0. The Morgan fingerprint density at radius 1 is 1.38 bits per heavy atom. The van der Waals surface area contributed by atoms with Crippen LogP contribution in [0.1, 0.15) is 32.1 Å². The number of nitrogens with one attached hydrogen (secondary N) is 1. The van der Waals surface area contributed by atoms with Gasteiger partial charge in [0.1, 0.15) is 5.67 Å². The zero-order valence-electron chi connectivity index (χ0n) is 8.02. The summed E-state index contributed by atoms with van der Waals surface area (Å²) in [6.45, 7) is 0.595. The van der Waals surface area contributed by atoms with Crippen LogP contribution in [0.4, 0.5) is 4.39 Å². The standard InChI is InChI=1S/C10H18FNS/c11-10(4-2-5-10)8-12-9-3-1-6-13-7-9/h9,12H,1-8H2. The summed E-state index contributed by atoms with van der Waals surface area (Å²) in [6, 6.07) is 0.576. The average Bonchev–Trinajstić information content (AvgIpc) is 2.13. The molecule has 0 aromatic heterocycles. The Bertz CT molecular complexity index is 164. The van der Waals surface area contributed by atoms with E-state index in [1.165, 1.54) is 24.3 Å². The van der Waals surface area contributed by atoms with E-state index in [0.29, 0.717) is 12.6 Å². The lowest BCUT2D eigenvalue weighted by Gasteiger charge is -2.36. The summed E-state index contributed by atoms with van der Waals surface area (Å²) in [5.74, 6) is 2.47. The van der Waals surface area contributed by atoms with E-state index in [1.54, 1.807) is 0 Å². The molecular weight excluding hydrogens is 185 g/mol. The Hall–Kier alpha value is 0.240. The predicted octanol–water partition coefficient (Wildman–Crippen LogP) is 2.36. The van der Waals surface area contributed by atoms with Crippen molar-refractivity contribution in [3.05, 3.63) is 0 Å². The van der Waals surface area contributed by atoms with Gasteiger partial charge in [0.15, 0.2) is 0 Å². The third-order valence-electron chi connectivity index (χ3n) is 3.12. The number of alkyl halides is 1. The first-order valence-corrected chi connectivity index (χ1v) is 6.44. The molecular formula is C10H18FNS. The summed E-state index contributed by atoms with van der Waals surface area (Å²) in [5, 5.41) is 3.37. The maximum Gasteiger partial charge on any atom is 0.123 e. The zero-order valence-corrected chi connectivity index (χ0v) is 8.84. The molecule has 0 aromatic carbocycles. The van der Waals surface area contributed by atoms with Gasteiger partial charge < -0.3 is 5.32 Å². The molecule has 1 saturated carbocycles. The highest BCUT2D eigenvalue weighted by Gasteiger charge is 2.37. The van der Waals surface area contributed by atoms with Crippen molar-refractivity contribution in [3.63, 3.8) is 0 Å². The van der Waals surface area contributed by atoms with Gasteiger partial charge >= 0.3 is 0 Å². The first-order chi connectivity index (χ1) is 6.29. The SMILES string of the molecule is FC1(CNC2CCCSC2)CCC1. The summed E-state index contributed by atoms with van der Waals surface area (Å²) in [5.41, 5.74) is -0.845. The Balaban J connectivity index is 1.66. The van der Waals surface area contributed by atoms with Gasteiger partial charge in [-0.05, 0) is 37.9 Å². The van der Waals surface area contributed by atoms with Crippen LogP contribution >= 0.6 is 11.8 Å². The van der Waals surface area contributed by atoms with Crippen molar-refractivity contribution in [1.82, 2.24) is 5.32 Å². The van der Waals surface area contributed by atoms with Crippen LogP contribution in [0.5, 0.6) is 0 Å². The van der Waals surface area contributed by atoms with Gasteiger partial charge in [0.25, 0.3) is 0 Å². The minimum Gasteiger partial charge on any atom is -0.310 e.